The van der Waals surface area contributed by atoms with Crippen molar-refractivity contribution in [3.63, 3.8) is 0 Å². The molecular weight excluding hydrogens is 216 g/mol. The molecule has 2 rings (SSSR count). The number of hydrogen-bond donors (Lipinski definition) is 4. The highest BCUT2D eigenvalue weighted by Crippen LogP contribution is 2.17. The van der Waals surface area contributed by atoms with Crippen molar-refractivity contribution in [1.82, 2.24) is 20.7 Å². The minimum absolute atomic E-state index is 0.496. The van der Waals surface area contributed by atoms with Crippen molar-refractivity contribution < 1.29 is 0 Å². The highest BCUT2D eigenvalue weighted by Gasteiger charge is 2.14. The van der Waals surface area contributed by atoms with Gasteiger partial charge in [-0.25, -0.2) is 15.8 Å². The van der Waals surface area contributed by atoms with Crippen molar-refractivity contribution in [3.8, 4) is 0 Å². The van der Waals surface area contributed by atoms with Gasteiger partial charge in [0.05, 0.1) is 0 Å². The third kappa shape index (κ3) is 3.74. The summed E-state index contributed by atoms with van der Waals surface area (Å²) in [4.78, 5) is 11.5. The van der Waals surface area contributed by atoms with Gasteiger partial charge in [-0.3, -0.25) is 5.43 Å². The summed E-state index contributed by atoms with van der Waals surface area (Å²) >= 11 is 0. The molecule has 0 aromatic carbocycles. The first-order chi connectivity index (χ1) is 8.38. The number of nitrogens with two attached hydrogens (primary N) is 1. The van der Waals surface area contributed by atoms with Crippen LogP contribution < -0.4 is 16.6 Å². The predicted octanol–water partition coefficient (Wildman–Crippen LogP) is 0.651. The first-order valence-corrected chi connectivity index (χ1v) is 6.14. The molecule has 1 aliphatic carbocycles. The summed E-state index contributed by atoms with van der Waals surface area (Å²) in [6.45, 7) is 0.506. The van der Waals surface area contributed by atoms with Crippen molar-refractivity contribution in [2.75, 3.05) is 0 Å². The number of nitrogens with zero attached hydrogens (tertiary/aromatic N) is 2. The van der Waals surface area contributed by atoms with E-state index in [1.165, 1.54) is 32.1 Å². The van der Waals surface area contributed by atoms with Gasteiger partial charge in [0.2, 0.25) is 5.96 Å². The molecule has 0 aliphatic heterocycles. The summed E-state index contributed by atoms with van der Waals surface area (Å²) in [5, 5.41) is 3.34. The molecule has 0 radical (unpaired) electrons. The van der Waals surface area contributed by atoms with Gasteiger partial charge < -0.3 is 10.3 Å². The summed E-state index contributed by atoms with van der Waals surface area (Å²) < 4.78 is 0. The van der Waals surface area contributed by atoms with Crippen molar-refractivity contribution in [3.05, 3.63) is 18.2 Å². The highest BCUT2D eigenvalue weighted by atomic mass is 15.3. The summed E-state index contributed by atoms with van der Waals surface area (Å²) in [6.07, 6.45) is 9.81. The van der Waals surface area contributed by atoms with Crippen molar-refractivity contribution >= 4 is 5.96 Å². The number of aromatic amines is 1. The van der Waals surface area contributed by atoms with E-state index in [2.05, 4.69) is 25.7 Å². The smallest absolute Gasteiger partial charge is 0.206 e. The van der Waals surface area contributed by atoms with Crippen molar-refractivity contribution in [2.24, 2.45) is 10.8 Å². The molecule has 1 aliphatic rings. The predicted molar refractivity (Wildman–Crippen MR) is 67.1 cm³/mol. The summed E-state index contributed by atoms with van der Waals surface area (Å²) in [6, 6.07) is 0.496. The normalized spacial score (nSPS) is 18.1. The Morgan fingerprint density at radius 2 is 2.29 bits per heavy atom. The molecule has 5 N–H and O–H groups in total. The van der Waals surface area contributed by atoms with Crippen LogP contribution in [0.5, 0.6) is 0 Å². The molecule has 6 heteroatoms. The van der Waals surface area contributed by atoms with Gasteiger partial charge in [0, 0.05) is 18.4 Å². The molecular formula is C11H20N6. The van der Waals surface area contributed by atoms with Gasteiger partial charge in [0.1, 0.15) is 12.4 Å². The van der Waals surface area contributed by atoms with E-state index in [0.717, 1.165) is 5.82 Å². The second kappa shape index (κ2) is 6.24. The number of aromatic nitrogens is 2. The van der Waals surface area contributed by atoms with Crippen LogP contribution in [0.2, 0.25) is 0 Å². The van der Waals surface area contributed by atoms with E-state index in [-0.39, 0.29) is 0 Å². The van der Waals surface area contributed by atoms with Crippen LogP contribution in [0.3, 0.4) is 0 Å². The first kappa shape index (κ1) is 11.9. The minimum Gasteiger partial charge on any atom is -0.353 e. The standard InChI is InChI=1S/C11H20N6/c12-17-11(15-8-10-13-6-7-14-10)16-9-4-2-1-3-5-9/h6-7,9H,1-5,8,12H2,(H,13,14)(H2,15,16,17). The van der Waals surface area contributed by atoms with E-state index in [9.17, 15) is 0 Å². The summed E-state index contributed by atoms with van der Waals surface area (Å²) in [7, 11) is 0. The van der Waals surface area contributed by atoms with E-state index in [0.29, 0.717) is 18.5 Å². The molecule has 0 unspecified atom stereocenters. The third-order valence-electron chi connectivity index (χ3n) is 3.02. The minimum atomic E-state index is 0.496. The molecule has 94 valence electrons. The fourth-order valence-corrected chi connectivity index (χ4v) is 2.11. The Hall–Kier alpha value is -1.56. The SMILES string of the molecule is NNC(=NCc1ncc[nH]1)NC1CCCCC1. The quantitative estimate of drug-likeness (QED) is 0.268. The highest BCUT2D eigenvalue weighted by molar-refractivity contribution is 5.79. The number of imidazole rings is 1. The molecule has 1 heterocycles. The van der Waals surface area contributed by atoms with Gasteiger partial charge >= 0.3 is 0 Å². The van der Waals surface area contributed by atoms with E-state index >= 15 is 0 Å². The van der Waals surface area contributed by atoms with Crippen LogP contribution in [0.4, 0.5) is 0 Å². The Bertz CT molecular complexity index is 339. The second-order valence-corrected chi connectivity index (χ2v) is 4.32. The largest absolute Gasteiger partial charge is 0.353 e. The van der Waals surface area contributed by atoms with E-state index in [1.807, 2.05) is 0 Å². The van der Waals surface area contributed by atoms with Crippen LogP contribution in [-0.2, 0) is 6.54 Å². The van der Waals surface area contributed by atoms with E-state index < -0.39 is 0 Å². The fourth-order valence-electron chi connectivity index (χ4n) is 2.11. The van der Waals surface area contributed by atoms with Crippen molar-refractivity contribution in [2.45, 2.75) is 44.7 Å². The number of rotatable bonds is 3. The molecule has 0 atom stereocenters. The number of hydrogen-bond acceptors (Lipinski definition) is 3. The van der Waals surface area contributed by atoms with Crippen LogP contribution in [0, 0.1) is 0 Å². The number of nitrogens with one attached hydrogen (secondary N) is 3. The summed E-state index contributed by atoms with van der Waals surface area (Å²) in [5.41, 5.74) is 2.61. The second-order valence-electron chi connectivity index (χ2n) is 4.32. The Labute approximate surface area is 101 Å². The monoisotopic (exact) mass is 236 g/mol. The maximum atomic E-state index is 5.46. The topological polar surface area (TPSA) is 91.1 Å². The van der Waals surface area contributed by atoms with Crippen LogP contribution in [-0.4, -0.2) is 22.0 Å². The average Bonchev–Trinajstić information content (AvgIpc) is 2.89. The molecule has 1 saturated carbocycles. The lowest BCUT2D eigenvalue weighted by Crippen LogP contribution is -2.47. The van der Waals surface area contributed by atoms with Gasteiger partial charge in [-0.15, -0.1) is 0 Å². The Kier molecular flexibility index (Phi) is 4.37. The van der Waals surface area contributed by atoms with Gasteiger partial charge in [-0.1, -0.05) is 19.3 Å². The van der Waals surface area contributed by atoms with E-state index in [1.54, 1.807) is 12.4 Å². The van der Waals surface area contributed by atoms with Gasteiger partial charge in [-0.2, -0.15) is 0 Å². The zero-order valence-electron chi connectivity index (χ0n) is 9.95. The van der Waals surface area contributed by atoms with Gasteiger partial charge in [0.15, 0.2) is 0 Å². The lowest BCUT2D eigenvalue weighted by Gasteiger charge is -2.24. The molecule has 0 amide bonds. The molecule has 17 heavy (non-hydrogen) atoms. The average molecular weight is 236 g/mol. The maximum absolute atomic E-state index is 5.46. The lowest BCUT2D eigenvalue weighted by atomic mass is 9.96. The third-order valence-corrected chi connectivity index (χ3v) is 3.02. The Morgan fingerprint density at radius 1 is 1.47 bits per heavy atom. The van der Waals surface area contributed by atoms with Crippen LogP contribution in [0.15, 0.2) is 17.4 Å². The fraction of sp³-hybridized carbons (Fsp3) is 0.636. The number of H-pyrrole nitrogens is 1. The van der Waals surface area contributed by atoms with Gasteiger partial charge in [0.25, 0.3) is 0 Å². The van der Waals surface area contributed by atoms with E-state index in [4.69, 9.17) is 5.84 Å². The molecule has 0 bridgehead atoms. The molecule has 1 aromatic heterocycles. The Balaban J connectivity index is 1.84. The van der Waals surface area contributed by atoms with Crippen LogP contribution >= 0.6 is 0 Å². The van der Waals surface area contributed by atoms with Gasteiger partial charge in [-0.05, 0) is 12.8 Å². The molecule has 1 fully saturated rings. The lowest BCUT2D eigenvalue weighted by molar-refractivity contribution is 0.410. The number of guanidine groups is 1. The number of hydrazine groups is 1. The Morgan fingerprint density at radius 3 is 2.94 bits per heavy atom. The first-order valence-electron chi connectivity index (χ1n) is 6.14. The molecule has 1 aromatic rings. The van der Waals surface area contributed by atoms with Crippen molar-refractivity contribution in [1.29, 1.82) is 0 Å². The zero-order chi connectivity index (χ0) is 11.9. The molecule has 0 saturated heterocycles. The van der Waals surface area contributed by atoms with Crippen LogP contribution in [0.25, 0.3) is 0 Å². The number of aliphatic imine (C=N–C) groups is 1. The maximum Gasteiger partial charge on any atom is 0.206 e. The summed E-state index contributed by atoms with van der Waals surface area (Å²) in [5.74, 6) is 6.94. The van der Waals surface area contributed by atoms with Crippen LogP contribution in [0.1, 0.15) is 37.9 Å². The molecule has 6 nitrogen and oxygen atoms in total. The molecule has 0 spiro atoms. The zero-order valence-corrected chi connectivity index (χ0v) is 9.95.